The maximum Gasteiger partial charge on any atom is 0.224 e. The van der Waals surface area contributed by atoms with Gasteiger partial charge in [-0.1, -0.05) is 11.6 Å². The summed E-state index contributed by atoms with van der Waals surface area (Å²) in [6, 6.07) is 0. The van der Waals surface area contributed by atoms with E-state index in [9.17, 15) is 5.11 Å². The van der Waals surface area contributed by atoms with Gasteiger partial charge >= 0.3 is 0 Å². The standard InChI is InChI=1S/C10H15ClN4O/c1-12-10-13-5-8(11)9(14-10)15-4-2-3-7(16)6-15/h5,7,16H,2-4,6H2,1H3,(H,12,13,14). The molecule has 0 saturated carbocycles. The summed E-state index contributed by atoms with van der Waals surface area (Å²) in [4.78, 5) is 10.3. The van der Waals surface area contributed by atoms with Gasteiger partial charge < -0.3 is 15.3 Å². The molecule has 1 atom stereocenters. The van der Waals surface area contributed by atoms with Crippen LogP contribution >= 0.6 is 11.6 Å². The molecule has 1 aliphatic rings. The zero-order valence-electron chi connectivity index (χ0n) is 9.15. The van der Waals surface area contributed by atoms with Crippen molar-refractivity contribution in [3.63, 3.8) is 0 Å². The topological polar surface area (TPSA) is 61.3 Å². The fraction of sp³-hybridized carbons (Fsp3) is 0.600. The number of nitrogens with one attached hydrogen (secondary N) is 1. The molecule has 1 aliphatic heterocycles. The van der Waals surface area contributed by atoms with Crippen molar-refractivity contribution in [2.45, 2.75) is 18.9 Å². The number of hydrogen-bond acceptors (Lipinski definition) is 5. The number of β-amino-alcohol motifs (C(OH)–C–C–N with tert-alkyl or cyclic N) is 1. The highest BCUT2D eigenvalue weighted by Gasteiger charge is 2.21. The van der Waals surface area contributed by atoms with Gasteiger partial charge in [0.2, 0.25) is 5.95 Å². The molecule has 16 heavy (non-hydrogen) atoms. The number of piperidine rings is 1. The molecule has 1 aromatic heterocycles. The predicted molar refractivity (Wildman–Crippen MR) is 64.0 cm³/mol. The Balaban J connectivity index is 2.24. The molecule has 88 valence electrons. The first-order chi connectivity index (χ1) is 7.70. The summed E-state index contributed by atoms with van der Waals surface area (Å²) in [5, 5.41) is 13.0. The minimum atomic E-state index is -0.294. The molecule has 2 rings (SSSR count). The summed E-state index contributed by atoms with van der Waals surface area (Å²) >= 11 is 6.06. The molecule has 1 saturated heterocycles. The third-order valence-electron chi connectivity index (χ3n) is 2.65. The van der Waals surface area contributed by atoms with Gasteiger partial charge in [-0.3, -0.25) is 0 Å². The number of aliphatic hydroxyl groups excluding tert-OH is 1. The Morgan fingerprint density at radius 2 is 2.44 bits per heavy atom. The van der Waals surface area contributed by atoms with Crippen LogP contribution in [0.5, 0.6) is 0 Å². The molecule has 0 amide bonds. The number of halogens is 1. The van der Waals surface area contributed by atoms with Crippen LogP contribution in [0.3, 0.4) is 0 Å². The zero-order chi connectivity index (χ0) is 11.5. The van der Waals surface area contributed by atoms with Gasteiger partial charge in [-0.25, -0.2) is 4.98 Å². The number of nitrogens with zero attached hydrogens (tertiary/aromatic N) is 3. The van der Waals surface area contributed by atoms with Gasteiger partial charge in [-0.2, -0.15) is 4.98 Å². The summed E-state index contributed by atoms with van der Waals surface area (Å²) in [5.74, 6) is 1.24. The lowest BCUT2D eigenvalue weighted by Crippen LogP contribution is -2.39. The molecule has 2 heterocycles. The maximum absolute atomic E-state index is 9.61. The van der Waals surface area contributed by atoms with E-state index in [1.54, 1.807) is 13.2 Å². The minimum absolute atomic E-state index is 0.294. The summed E-state index contributed by atoms with van der Waals surface area (Å²) in [6.07, 6.45) is 3.09. The van der Waals surface area contributed by atoms with Crippen LogP contribution in [0.15, 0.2) is 6.20 Å². The van der Waals surface area contributed by atoms with Crippen molar-refractivity contribution in [3.05, 3.63) is 11.2 Å². The van der Waals surface area contributed by atoms with Crippen LogP contribution < -0.4 is 10.2 Å². The van der Waals surface area contributed by atoms with E-state index in [-0.39, 0.29) is 6.10 Å². The van der Waals surface area contributed by atoms with Crippen LogP contribution in [0.4, 0.5) is 11.8 Å². The van der Waals surface area contributed by atoms with E-state index in [1.807, 2.05) is 4.90 Å². The molecule has 0 radical (unpaired) electrons. The number of aromatic nitrogens is 2. The van der Waals surface area contributed by atoms with Crippen molar-refractivity contribution < 1.29 is 5.11 Å². The lowest BCUT2D eigenvalue weighted by molar-refractivity contribution is 0.154. The Kier molecular flexibility index (Phi) is 3.46. The molecule has 0 bridgehead atoms. The van der Waals surface area contributed by atoms with E-state index < -0.39 is 0 Å². The average Bonchev–Trinajstić information content (AvgIpc) is 2.30. The van der Waals surface area contributed by atoms with Gasteiger partial charge in [-0.15, -0.1) is 0 Å². The number of anilines is 2. The Morgan fingerprint density at radius 1 is 1.62 bits per heavy atom. The molecule has 0 spiro atoms. The Labute approximate surface area is 99.5 Å². The molecule has 0 aromatic carbocycles. The second-order valence-corrected chi connectivity index (χ2v) is 4.26. The summed E-state index contributed by atoms with van der Waals surface area (Å²) < 4.78 is 0. The molecule has 5 nitrogen and oxygen atoms in total. The van der Waals surface area contributed by atoms with E-state index in [1.165, 1.54) is 0 Å². The van der Waals surface area contributed by atoms with Crippen molar-refractivity contribution in [2.75, 3.05) is 30.4 Å². The van der Waals surface area contributed by atoms with Crippen LogP contribution in [0.25, 0.3) is 0 Å². The zero-order valence-corrected chi connectivity index (χ0v) is 9.91. The van der Waals surface area contributed by atoms with E-state index in [2.05, 4.69) is 15.3 Å². The molecule has 6 heteroatoms. The predicted octanol–water partition coefficient (Wildman–Crippen LogP) is 1.13. The Bertz CT molecular complexity index is 374. The summed E-state index contributed by atoms with van der Waals surface area (Å²) in [5.41, 5.74) is 0. The minimum Gasteiger partial charge on any atom is -0.391 e. The molecular weight excluding hydrogens is 228 g/mol. The second kappa shape index (κ2) is 4.84. The molecule has 1 aromatic rings. The first kappa shape index (κ1) is 11.4. The van der Waals surface area contributed by atoms with Crippen molar-refractivity contribution >= 4 is 23.4 Å². The van der Waals surface area contributed by atoms with Gasteiger partial charge in [-0.05, 0) is 12.8 Å². The monoisotopic (exact) mass is 242 g/mol. The van der Waals surface area contributed by atoms with E-state index >= 15 is 0 Å². The van der Waals surface area contributed by atoms with E-state index in [4.69, 9.17) is 11.6 Å². The number of rotatable bonds is 2. The molecule has 1 unspecified atom stereocenters. The Hall–Kier alpha value is -1.07. The van der Waals surface area contributed by atoms with Crippen LogP contribution in [-0.2, 0) is 0 Å². The highest BCUT2D eigenvalue weighted by molar-refractivity contribution is 6.32. The third-order valence-corrected chi connectivity index (χ3v) is 2.91. The fourth-order valence-electron chi connectivity index (χ4n) is 1.85. The number of aliphatic hydroxyl groups is 1. The van der Waals surface area contributed by atoms with Crippen LogP contribution in [0, 0.1) is 0 Å². The van der Waals surface area contributed by atoms with Crippen molar-refractivity contribution in [1.82, 2.24) is 9.97 Å². The molecule has 2 N–H and O–H groups in total. The normalized spacial score (nSPS) is 20.9. The van der Waals surface area contributed by atoms with E-state index in [0.717, 1.165) is 19.4 Å². The van der Waals surface area contributed by atoms with Crippen molar-refractivity contribution in [1.29, 1.82) is 0 Å². The largest absolute Gasteiger partial charge is 0.391 e. The molecular formula is C10H15ClN4O. The van der Waals surface area contributed by atoms with Gasteiger partial charge in [0.15, 0.2) is 5.82 Å². The summed E-state index contributed by atoms with van der Waals surface area (Å²) in [6.45, 7) is 1.46. The van der Waals surface area contributed by atoms with Gasteiger partial charge in [0, 0.05) is 20.1 Å². The second-order valence-electron chi connectivity index (χ2n) is 3.86. The van der Waals surface area contributed by atoms with Crippen LogP contribution in [0.2, 0.25) is 5.02 Å². The Morgan fingerprint density at radius 3 is 3.12 bits per heavy atom. The first-order valence-corrected chi connectivity index (χ1v) is 5.72. The van der Waals surface area contributed by atoms with Gasteiger partial charge in [0.1, 0.15) is 5.02 Å². The lowest BCUT2D eigenvalue weighted by Gasteiger charge is -2.31. The third kappa shape index (κ3) is 2.36. The van der Waals surface area contributed by atoms with Crippen LogP contribution in [-0.4, -0.2) is 41.3 Å². The highest BCUT2D eigenvalue weighted by atomic mass is 35.5. The quantitative estimate of drug-likeness (QED) is 0.814. The SMILES string of the molecule is CNc1ncc(Cl)c(N2CCCC(O)C2)n1. The van der Waals surface area contributed by atoms with Crippen molar-refractivity contribution in [2.24, 2.45) is 0 Å². The van der Waals surface area contributed by atoms with Crippen LogP contribution in [0.1, 0.15) is 12.8 Å². The highest BCUT2D eigenvalue weighted by Crippen LogP contribution is 2.26. The van der Waals surface area contributed by atoms with Gasteiger partial charge in [0.05, 0.1) is 12.3 Å². The van der Waals surface area contributed by atoms with E-state index in [0.29, 0.717) is 23.3 Å². The first-order valence-electron chi connectivity index (χ1n) is 5.34. The average molecular weight is 243 g/mol. The smallest absolute Gasteiger partial charge is 0.224 e. The molecule has 0 aliphatic carbocycles. The fourth-order valence-corrected chi connectivity index (χ4v) is 2.06. The lowest BCUT2D eigenvalue weighted by atomic mass is 10.1. The molecule has 1 fully saturated rings. The maximum atomic E-state index is 9.61. The van der Waals surface area contributed by atoms with Crippen molar-refractivity contribution in [3.8, 4) is 0 Å². The summed E-state index contributed by atoms with van der Waals surface area (Å²) in [7, 11) is 1.76. The number of hydrogen-bond donors (Lipinski definition) is 2. The van der Waals surface area contributed by atoms with Gasteiger partial charge in [0.25, 0.3) is 0 Å².